The lowest BCUT2D eigenvalue weighted by Crippen LogP contribution is -2.35. The molecule has 1 unspecified atom stereocenters. The van der Waals surface area contributed by atoms with Gasteiger partial charge in [0.05, 0.1) is 0 Å². The Morgan fingerprint density at radius 1 is 1.19 bits per heavy atom. The summed E-state index contributed by atoms with van der Waals surface area (Å²) in [5.41, 5.74) is 3.12. The van der Waals surface area contributed by atoms with Crippen LogP contribution < -0.4 is 5.32 Å². The molecule has 1 atom stereocenters. The van der Waals surface area contributed by atoms with Crippen molar-refractivity contribution < 1.29 is 0 Å². The highest BCUT2D eigenvalue weighted by molar-refractivity contribution is 5.27. The van der Waals surface area contributed by atoms with Crippen molar-refractivity contribution >= 4 is 0 Å². The van der Waals surface area contributed by atoms with Gasteiger partial charge >= 0.3 is 0 Å². The zero-order valence-corrected chi connectivity index (χ0v) is 14.3. The Morgan fingerprint density at radius 2 is 1.90 bits per heavy atom. The molecule has 0 aromatic heterocycles. The Bertz CT molecular complexity index is 433. The topological polar surface area (TPSA) is 15.3 Å². The molecular formula is C19H32N2. The molecule has 2 rings (SSSR count). The third kappa shape index (κ3) is 5.44. The Labute approximate surface area is 130 Å². The number of hydrogen-bond donors (Lipinski definition) is 1. The molecule has 1 aliphatic rings. The monoisotopic (exact) mass is 288 g/mol. The van der Waals surface area contributed by atoms with Crippen molar-refractivity contribution in [3.05, 3.63) is 35.4 Å². The van der Waals surface area contributed by atoms with E-state index in [-0.39, 0.29) is 5.54 Å². The first-order chi connectivity index (χ1) is 9.98. The minimum absolute atomic E-state index is 0.174. The van der Waals surface area contributed by atoms with E-state index < -0.39 is 0 Å². The highest BCUT2D eigenvalue weighted by Crippen LogP contribution is 2.23. The quantitative estimate of drug-likeness (QED) is 0.844. The molecule has 1 saturated heterocycles. The van der Waals surface area contributed by atoms with E-state index >= 15 is 0 Å². The van der Waals surface area contributed by atoms with E-state index in [2.05, 4.69) is 62.2 Å². The van der Waals surface area contributed by atoms with E-state index in [4.69, 9.17) is 0 Å². The summed E-state index contributed by atoms with van der Waals surface area (Å²) < 4.78 is 0. The van der Waals surface area contributed by atoms with Crippen LogP contribution >= 0.6 is 0 Å². The first-order valence-electron chi connectivity index (χ1n) is 8.52. The molecule has 0 saturated carbocycles. The van der Waals surface area contributed by atoms with E-state index in [1.54, 1.807) is 0 Å². The summed E-state index contributed by atoms with van der Waals surface area (Å²) in [4.78, 5) is 2.64. The Hall–Kier alpha value is -0.860. The average Bonchev–Trinajstić information content (AvgIpc) is 2.85. The lowest BCUT2D eigenvalue weighted by atomic mass is 10.0. The molecule has 0 bridgehead atoms. The molecule has 0 amide bonds. The lowest BCUT2D eigenvalue weighted by Gasteiger charge is -2.23. The van der Waals surface area contributed by atoms with Gasteiger partial charge in [0.25, 0.3) is 0 Å². The molecular weight excluding hydrogens is 256 g/mol. The third-order valence-corrected chi connectivity index (χ3v) is 4.39. The molecule has 1 fully saturated rings. The summed E-state index contributed by atoms with van der Waals surface area (Å²) in [5, 5.41) is 3.61. The van der Waals surface area contributed by atoms with Crippen molar-refractivity contribution in [1.82, 2.24) is 10.2 Å². The van der Waals surface area contributed by atoms with Crippen LogP contribution in [-0.2, 0) is 13.1 Å². The Morgan fingerprint density at radius 3 is 2.57 bits per heavy atom. The summed E-state index contributed by atoms with van der Waals surface area (Å²) in [6.07, 6.45) is 4.10. The number of nitrogens with zero attached hydrogens (tertiary/aromatic N) is 1. The second kappa shape index (κ2) is 7.42. The van der Waals surface area contributed by atoms with Gasteiger partial charge in [-0.25, -0.2) is 0 Å². The van der Waals surface area contributed by atoms with E-state index in [9.17, 15) is 0 Å². The van der Waals surface area contributed by atoms with Gasteiger partial charge in [-0.15, -0.1) is 0 Å². The van der Waals surface area contributed by atoms with Gasteiger partial charge in [0, 0.05) is 25.2 Å². The van der Waals surface area contributed by atoms with Crippen molar-refractivity contribution in [2.45, 2.75) is 65.6 Å². The predicted molar refractivity (Wildman–Crippen MR) is 91.3 cm³/mol. The van der Waals surface area contributed by atoms with Crippen LogP contribution in [0.2, 0.25) is 0 Å². The Kier molecular flexibility index (Phi) is 5.83. The highest BCUT2D eigenvalue weighted by atomic mass is 15.1. The molecule has 0 radical (unpaired) electrons. The molecule has 1 aromatic rings. The smallest absolute Gasteiger partial charge is 0.0237 e. The van der Waals surface area contributed by atoms with E-state index in [0.29, 0.717) is 0 Å². The zero-order chi connectivity index (χ0) is 15.3. The first kappa shape index (κ1) is 16.5. The fourth-order valence-corrected chi connectivity index (χ4v) is 3.19. The van der Waals surface area contributed by atoms with Gasteiger partial charge in [0.1, 0.15) is 0 Å². The third-order valence-electron chi connectivity index (χ3n) is 4.39. The van der Waals surface area contributed by atoms with Gasteiger partial charge in [-0.2, -0.15) is 0 Å². The largest absolute Gasteiger partial charge is 0.308 e. The summed E-state index contributed by atoms with van der Waals surface area (Å²) in [7, 11) is 0. The number of hydrogen-bond acceptors (Lipinski definition) is 2. The maximum atomic E-state index is 3.61. The maximum Gasteiger partial charge on any atom is 0.0237 e. The van der Waals surface area contributed by atoms with Gasteiger partial charge in [0.15, 0.2) is 0 Å². The molecule has 21 heavy (non-hydrogen) atoms. The number of nitrogens with one attached hydrogen (secondary N) is 1. The minimum atomic E-state index is 0.174. The zero-order valence-electron chi connectivity index (χ0n) is 14.3. The molecule has 1 N–H and O–H groups in total. The predicted octanol–water partition coefficient (Wildman–Crippen LogP) is 4.20. The molecule has 0 spiro atoms. The van der Waals surface area contributed by atoms with Crippen LogP contribution in [0, 0.1) is 5.92 Å². The van der Waals surface area contributed by atoms with E-state index in [1.165, 1.54) is 43.5 Å². The number of likely N-dealkylation sites (tertiary alicyclic amines) is 1. The Balaban J connectivity index is 1.94. The second-order valence-electron chi connectivity index (χ2n) is 7.55. The van der Waals surface area contributed by atoms with Crippen LogP contribution in [0.3, 0.4) is 0 Å². The molecule has 2 nitrogen and oxygen atoms in total. The summed E-state index contributed by atoms with van der Waals surface area (Å²) in [6, 6.07) is 8.91. The van der Waals surface area contributed by atoms with Gasteiger partial charge < -0.3 is 5.32 Å². The molecule has 2 heteroatoms. The summed E-state index contributed by atoms with van der Waals surface area (Å²) in [5.74, 6) is 0.926. The van der Waals surface area contributed by atoms with Crippen molar-refractivity contribution in [1.29, 1.82) is 0 Å². The number of benzene rings is 1. The first-order valence-corrected chi connectivity index (χ1v) is 8.52. The maximum absolute atomic E-state index is 3.61. The average molecular weight is 288 g/mol. The fourth-order valence-electron chi connectivity index (χ4n) is 3.19. The lowest BCUT2D eigenvalue weighted by molar-refractivity contribution is 0.311. The molecule has 1 aromatic carbocycles. The van der Waals surface area contributed by atoms with Crippen molar-refractivity contribution in [3.8, 4) is 0 Å². The summed E-state index contributed by atoms with van der Waals surface area (Å²) in [6.45, 7) is 13.6. The fraction of sp³-hybridized carbons (Fsp3) is 0.684. The van der Waals surface area contributed by atoms with Crippen LogP contribution in [0.25, 0.3) is 0 Å². The molecule has 118 valence electrons. The van der Waals surface area contributed by atoms with Crippen LogP contribution in [0.5, 0.6) is 0 Å². The van der Waals surface area contributed by atoms with Gasteiger partial charge in [0.2, 0.25) is 0 Å². The SMILES string of the molecule is CCCC1CCN(Cc2ccccc2CNC(C)(C)C)C1. The second-order valence-corrected chi connectivity index (χ2v) is 7.55. The van der Waals surface area contributed by atoms with Gasteiger partial charge in [-0.05, 0) is 57.2 Å². The molecule has 1 heterocycles. The van der Waals surface area contributed by atoms with Crippen LogP contribution in [0.15, 0.2) is 24.3 Å². The van der Waals surface area contributed by atoms with Gasteiger partial charge in [-0.3, -0.25) is 4.90 Å². The van der Waals surface area contributed by atoms with Crippen LogP contribution in [-0.4, -0.2) is 23.5 Å². The molecule has 1 aliphatic heterocycles. The van der Waals surface area contributed by atoms with Crippen molar-refractivity contribution in [3.63, 3.8) is 0 Å². The highest BCUT2D eigenvalue weighted by Gasteiger charge is 2.22. The summed E-state index contributed by atoms with van der Waals surface area (Å²) >= 11 is 0. The van der Waals surface area contributed by atoms with Crippen molar-refractivity contribution in [2.75, 3.05) is 13.1 Å². The number of rotatable bonds is 6. The standard InChI is InChI=1S/C19H32N2/c1-5-8-16-11-12-21(14-16)15-18-10-7-6-9-17(18)13-20-19(2,3)4/h6-7,9-10,16,20H,5,8,11-15H2,1-4H3. The minimum Gasteiger partial charge on any atom is -0.308 e. The van der Waals surface area contributed by atoms with Crippen LogP contribution in [0.4, 0.5) is 0 Å². The van der Waals surface area contributed by atoms with E-state index in [0.717, 1.165) is 19.0 Å². The van der Waals surface area contributed by atoms with Crippen molar-refractivity contribution in [2.24, 2.45) is 5.92 Å². The van der Waals surface area contributed by atoms with Crippen LogP contribution in [0.1, 0.15) is 58.1 Å². The molecule has 0 aliphatic carbocycles. The van der Waals surface area contributed by atoms with Gasteiger partial charge in [-0.1, -0.05) is 37.6 Å². The van der Waals surface area contributed by atoms with E-state index in [1.807, 2.05) is 0 Å². The normalized spacial score (nSPS) is 20.1.